The fourth-order valence-electron chi connectivity index (χ4n) is 5.09. The van der Waals surface area contributed by atoms with Gasteiger partial charge in [-0.05, 0) is 48.5 Å². The molecule has 174 valence electrons. The molecule has 0 atom stereocenters. The van der Waals surface area contributed by atoms with Crippen LogP contribution >= 0.6 is 0 Å². The van der Waals surface area contributed by atoms with Crippen molar-refractivity contribution < 1.29 is 4.74 Å². The smallest absolute Gasteiger partial charge is 0.221 e. The summed E-state index contributed by atoms with van der Waals surface area (Å²) in [4.78, 5) is 13.6. The third kappa shape index (κ3) is 3.26. The van der Waals surface area contributed by atoms with Gasteiger partial charge >= 0.3 is 0 Å². The van der Waals surface area contributed by atoms with Crippen LogP contribution in [0.1, 0.15) is 0 Å². The van der Waals surface area contributed by atoms with Gasteiger partial charge < -0.3 is 14.5 Å². The summed E-state index contributed by atoms with van der Waals surface area (Å²) in [7, 11) is 2.10. The van der Waals surface area contributed by atoms with Gasteiger partial charge in [-0.25, -0.2) is 9.97 Å². The van der Waals surface area contributed by atoms with Gasteiger partial charge in [0, 0.05) is 48.0 Å². The van der Waals surface area contributed by atoms with Gasteiger partial charge in [0.2, 0.25) is 5.88 Å². The van der Waals surface area contributed by atoms with E-state index in [1.54, 1.807) is 6.20 Å². The van der Waals surface area contributed by atoms with Gasteiger partial charge in [0.1, 0.15) is 11.6 Å². The Morgan fingerprint density at radius 1 is 0.694 bits per heavy atom. The summed E-state index contributed by atoms with van der Waals surface area (Å²) in [6.07, 6.45) is 3.62. The van der Waals surface area contributed by atoms with Gasteiger partial charge in [-0.2, -0.15) is 0 Å². The Labute approximate surface area is 208 Å². The molecular weight excluding hydrogens is 446 g/mol. The Morgan fingerprint density at radius 3 is 2.39 bits per heavy atom. The molecule has 0 N–H and O–H groups in total. The molecule has 3 aromatic heterocycles. The maximum absolute atomic E-state index is 6.30. The van der Waals surface area contributed by atoms with E-state index in [9.17, 15) is 0 Å². The summed E-state index contributed by atoms with van der Waals surface area (Å²) < 4.78 is 8.48. The second kappa shape index (κ2) is 8.13. The maximum atomic E-state index is 6.30. The van der Waals surface area contributed by atoms with E-state index in [0.29, 0.717) is 5.88 Å². The molecule has 0 spiro atoms. The molecule has 0 amide bonds. The van der Waals surface area contributed by atoms with Crippen molar-refractivity contribution in [1.29, 1.82) is 0 Å². The molecule has 4 heterocycles. The molecule has 1 aliphatic rings. The zero-order chi connectivity index (χ0) is 24.1. The van der Waals surface area contributed by atoms with E-state index in [1.807, 2.05) is 42.6 Å². The van der Waals surface area contributed by atoms with Gasteiger partial charge in [-0.15, -0.1) is 0 Å². The highest BCUT2D eigenvalue weighted by Gasteiger charge is 2.24. The van der Waals surface area contributed by atoms with Gasteiger partial charge in [0.15, 0.2) is 0 Å². The average Bonchev–Trinajstić information content (AvgIpc) is 3.44. The molecule has 0 radical (unpaired) electrons. The first kappa shape index (κ1) is 20.5. The van der Waals surface area contributed by atoms with Crippen molar-refractivity contribution in [3.05, 3.63) is 109 Å². The monoisotopic (exact) mass is 469 g/mol. The van der Waals surface area contributed by atoms with E-state index in [-0.39, 0.29) is 0 Å². The SMILES string of the molecule is CN1CN(c2ccnc(Oc3ccc4c5ccccc5n(-c5ccccn5)c4c3)c2)c2ccccc21. The fraction of sp³-hybridized carbons (Fsp3) is 0.0667. The number of rotatable bonds is 4. The highest BCUT2D eigenvalue weighted by atomic mass is 16.5. The van der Waals surface area contributed by atoms with Crippen LogP contribution in [0.2, 0.25) is 0 Å². The normalized spacial score (nSPS) is 12.9. The van der Waals surface area contributed by atoms with Gasteiger partial charge in [-0.3, -0.25) is 4.57 Å². The molecule has 0 aliphatic carbocycles. The molecular formula is C30H23N5O. The molecule has 6 aromatic rings. The second-order valence-corrected chi connectivity index (χ2v) is 8.93. The van der Waals surface area contributed by atoms with E-state index in [1.165, 1.54) is 16.8 Å². The standard InChI is InChI=1S/C30H23N5O/c1-33-20-34(27-11-5-4-10-26(27)33)21-15-17-32-30(18-21)36-22-13-14-24-23-8-2-3-9-25(23)35(28(24)19-22)29-12-6-7-16-31-29/h2-19H,20H2,1H3. The van der Waals surface area contributed by atoms with Crippen LogP contribution in [-0.2, 0) is 0 Å². The molecule has 3 aromatic carbocycles. The number of pyridine rings is 2. The van der Waals surface area contributed by atoms with Crippen molar-refractivity contribution >= 4 is 38.9 Å². The first-order valence-electron chi connectivity index (χ1n) is 11.9. The van der Waals surface area contributed by atoms with Crippen LogP contribution < -0.4 is 14.5 Å². The minimum atomic E-state index is 0.555. The predicted octanol–water partition coefficient (Wildman–Crippen LogP) is 6.91. The molecule has 36 heavy (non-hydrogen) atoms. The number of aromatic nitrogens is 3. The summed E-state index contributed by atoms with van der Waals surface area (Å²) >= 11 is 0. The van der Waals surface area contributed by atoms with Crippen molar-refractivity contribution in [2.24, 2.45) is 0 Å². The Morgan fingerprint density at radius 2 is 1.50 bits per heavy atom. The van der Waals surface area contributed by atoms with Crippen LogP contribution in [0.3, 0.4) is 0 Å². The zero-order valence-corrected chi connectivity index (χ0v) is 19.7. The number of anilines is 3. The number of fused-ring (bicyclic) bond motifs is 4. The van der Waals surface area contributed by atoms with Crippen LogP contribution in [0, 0.1) is 0 Å². The van der Waals surface area contributed by atoms with E-state index in [2.05, 4.69) is 92.0 Å². The van der Waals surface area contributed by atoms with Gasteiger partial charge in [-0.1, -0.05) is 36.4 Å². The lowest BCUT2D eigenvalue weighted by atomic mass is 10.1. The average molecular weight is 470 g/mol. The lowest BCUT2D eigenvalue weighted by molar-refractivity contribution is 0.463. The summed E-state index contributed by atoms with van der Waals surface area (Å²) in [6, 6.07) is 33.0. The van der Waals surface area contributed by atoms with Crippen LogP contribution in [-0.4, -0.2) is 28.3 Å². The van der Waals surface area contributed by atoms with Crippen molar-refractivity contribution in [3.63, 3.8) is 0 Å². The van der Waals surface area contributed by atoms with Crippen molar-refractivity contribution in [3.8, 4) is 17.4 Å². The first-order chi connectivity index (χ1) is 17.8. The molecule has 0 saturated heterocycles. The number of ether oxygens (including phenoxy) is 1. The minimum absolute atomic E-state index is 0.555. The molecule has 7 rings (SSSR count). The summed E-state index contributed by atoms with van der Waals surface area (Å²) in [5.74, 6) is 2.16. The van der Waals surface area contributed by atoms with Crippen LogP contribution in [0.5, 0.6) is 11.6 Å². The lowest BCUT2D eigenvalue weighted by Gasteiger charge is -2.20. The van der Waals surface area contributed by atoms with Gasteiger partial charge in [0.25, 0.3) is 0 Å². The maximum Gasteiger partial charge on any atom is 0.221 e. The molecule has 6 nitrogen and oxygen atoms in total. The number of para-hydroxylation sites is 3. The molecule has 0 unspecified atom stereocenters. The number of hydrogen-bond donors (Lipinski definition) is 0. The van der Waals surface area contributed by atoms with E-state index in [4.69, 9.17) is 4.74 Å². The van der Waals surface area contributed by atoms with Crippen LogP contribution in [0.4, 0.5) is 17.1 Å². The predicted molar refractivity (Wildman–Crippen MR) is 145 cm³/mol. The van der Waals surface area contributed by atoms with E-state index >= 15 is 0 Å². The Bertz CT molecular complexity index is 1730. The highest BCUT2D eigenvalue weighted by molar-refractivity contribution is 6.09. The first-order valence-corrected chi connectivity index (χ1v) is 11.9. The third-order valence-electron chi connectivity index (χ3n) is 6.71. The van der Waals surface area contributed by atoms with E-state index in [0.717, 1.165) is 40.3 Å². The topological polar surface area (TPSA) is 46.4 Å². The molecule has 0 saturated carbocycles. The Kier molecular flexibility index (Phi) is 4.64. The molecule has 1 aliphatic heterocycles. The minimum Gasteiger partial charge on any atom is -0.439 e. The summed E-state index contributed by atoms with van der Waals surface area (Å²) in [6.45, 7) is 0.777. The Balaban J connectivity index is 1.29. The number of hydrogen-bond acceptors (Lipinski definition) is 5. The Hall–Kier alpha value is -4.84. The largest absolute Gasteiger partial charge is 0.439 e. The lowest BCUT2D eigenvalue weighted by Crippen LogP contribution is -2.23. The summed E-state index contributed by atoms with van der Waals surface area (Å²) in [5, 5.41) is 2.34. The highest BCUT2D eigenvalue weighted by Crippen LogP contribution is 2.40. The third-order valence-corrected chi connectivity index (χ3v) is 6.71. The molecule has 0 fully saturated rings. The molecule has 0 bridgehead atoms. The number of nitrogens with zero attached hydrogens (tertiary/aromatic N) is 5. The van der Waals surface area contributed by atoms with E-state index < -0.39 is 0 Å². The van der Waals surface area contributed by atoms with Gasteiger partial charge in [0.05, 0.1) is 29.1 Å². The van der Waals surface area contributed by atoms with Crippen molar-refractivity contribution in [2.75, 3.05) is 23.5 Å². The summed E-state index contributed by atoms with van der Waals surface area (Å²) in [5.41, 5.74) is 5.59. The van der Waals surface area contributed by atoms with Crippen molar-refractivity contribution in [2.45, 2.75) is 0 Å². The fourth-order valence-corrected chi connectivity index (χ4v) is 5.09. The van der Waals surface area contributed by atoms with Crippen LogP contribution in [0.25, 0.3) is 27.6 Å². The second-order valence-electron chi connectivity index (χ2n) is 8.93. The molecule has 6 heteroatoms. The van der Waals surface area contributed by atoms with Crippen molar-refractivity contribution in [1.82, 2.24) is 14.5 Å². The van der Waals surface area contributed by atoms with Crippen LogP contribution in [0.15, 0.2) is 109 Å². The quantitative estimate of drug-likeness (QED) is 0.281. The zero-order valence-electron chi connectivity index (χ0n) is 19.7. The number of benzene rings is 3.